The lowest BCUT2D eigenvalue weighted by Gasteiger charge is -2.24. The van der Waals surface area contributed by atoms with Crippen molar-refractivity contribution in [3.8, 4) is 11.8 Å². The highest BCUT2D eigenvalue weighted by Gasteiger charge is 2.40. The Morgan fingerprint density at radius 2 is 1.74 bits per heavy atom. The SMILES string of the molecule is CC(N)C(O)(C#Cc1ccccc1)C(=O)OCc1ccccc1. The molecule has 4 nitrogen and oxygen atoms in total. The first kappa shape index (κ1) is 16.8. The Kier molecular flexibility index (Phi) is 5.53. The molecular weight excluding hydrogens is 290 g/mol. The van der Waals surface area contributed by atoms with Gasteiger partial charge in [-0.2, -0.15) is 0 Å². The van der Waals surface area contributed by atoms with Crippen molar-refractivity contribution in [2.24, 2.45) is 5.73 Å². The number of benzene rings is 2. The van der Waals surface area contributed by atoms with Gasteiger partial charge in [-0.1, -0.05) is 54.5 Å². The van der Waals surface area contributed by atoms with E-state index in [9.17, 15) is 9.90 Å². The van der Waals surface area contributed by atoms with Gasteiger partial charge in [0.25, 0.3) is 0 Å². The fourth-order valence-corrected chi connectivity index (χ4v) is 1.87. The third-order valence-corrected chi connectivity index (χ3v) is 3.35. The lowest BCUT2D eigenvalue weighted by atomic mass is 9.96. The lowest BCUT2D eigenvalue weighted by Crippen LogP contribution is -2.52. The van der Waals surface area contributed by atoms with Crippen LogP contribution in [0.1, 0.15) is 18.1 Å². The maximum atomic E-state index is 12.2. The van der Waals surface area contributed by atoms with Crippen LogP contribution in [0.3, 0.4) is 0 Å². The van der Waals surface area contributed by atoms with E-state index in [-0.39, 0.29) is 6.61 Å². The molecule has 0 fully saturated rings. The summed E-state index contributed by atoms with van der Waals surface area (Å²) in [4.78, 5) is 12.2. The van der Waals surface area contributed by atoms with Crippen LogP contribution in [0.15, 0.2) is 60.7 Å². The van der Waals surface area contributed by atoms with Crippen LogP contribution in [0.25, 0.3) is 0 Å². The minimum atomic E-state index is -2.05. The predicted molar refractivity (Wildman–Crippen MR) is 88.2 cm³/mol. The number of carbonyl (C=O) groups excluding carboxylic acids is 1. The Morgan fingerprint density at radius 1 is 1.17 bits per heavy atom. The zero-order valence-corrected chi connectivity index (χ0v) is 12.9. The van der Waals surface area contributed by atoms with Gasteiger partial charge >= 0.3 is 5.97 Å². The van der Waals surface area contributed by atoms with E-state index in [1.54, 1.807) is 12.1 Å². The number of esters is 1. The van der Waals surface area contributed by atoms with Crippen LogP contribution in [0.5, 0.6) is 0 Å². The van der Waals surface area contributed by atoms with Gasteiger partial charge in [0.05, 0.1) is 6.04 Å². The average molecular weight is 309 g/mol. The molecule has 2 aromatic carbocycles. The molecule has 0 radical (unpaired) electrons. The van der Waals surface area contributed by atoms with Crippen LogP contribution in [0.2, 0.25) is 0 Å². The summed E-state index contributed by atoms with van der Waals surface area (Å²) in [6.07, 6.45) is 0. The summed E-state index contributed by atoms with van der Waals surface area (Å²) in [5, 5.41) is 10.5. The number of ether oxygens (including phenoxy) is 1. The fraction of sp³-hybridized carbons (Fsp3) is 0.211. The molecule has 0 aromatic heterocycles. The van der Waals surface area contributed by atoms with E-state index in [1.807, 2.05) is 48.5 Å². The first-order valence-electron chi connectivity index (χ1n) is 7.29. The molecule has 23 heavy (non-hydrogen) atoms. The summed E-state index contributed by atoms with van der Waals surface area (Å²) in [5.74, 6) is 4.47. The normalized spacial score (nSPS) is 14.0. The average Bonchev–Trinajstić information content (AvgIpc) is 2.59. The maximum Gasteiger partial charge on any atom is 0.353 e. The number of hydrogen-bond acceptors (Lipinski definition) is 4. The van der Waals surface area contributed by atoms with Crippen molar-refractivity contribution < 1.29 is 14.6 Å². The molecule has 4 heteroatoms. The minimum Gasteiger partial charge on any atom is -0.458 e. The smallest absolute Gasteiger partial charge is 0.353 e. The summed E-state index contributed by atoms with van der Waals surface area (Å²) in [5.41, 5.74) is 5.21. The van der Waals surface area contributed by atoms with Crippen molar-refractivity contribution in [2.75, 3.05) is 0 Å². The molecule has 0 saturated carbocycles. The Labute approximate surface area is 135 Å². The fourth-order valence-electron chi connectivity index (χ4n) is 1.87. The van der Waals surface area contributed by atoms with Gasteiger partial charge in [0.2, 0.25) is 5.60 Å². The Hall–Kier alpha value is -2.61. The van der Waals surface area contributed by atoms with Crippen LogP contribution in [-0.2, 0) is 16.1 Å². The van der Waals surface area contributed by atoms with Gasteiger partial charge in [-0.3, -0.25) is 0 Å². The highest BCUT2D eigenvalue weighted by atomic mass is 16.5. The zero-order valence-electron chi connectivity index (χ0n) is 12.9. The molecule has 0 saturated heterocycles. The maximum absolute atomic E-state index is 12.2. The second-order valence-corrected chi connectivity index (χ2v) is 5.23. The van der Waals surface area contributed by atoms with E-state index in [1.165, 1.54) is 6.92 Å². The molecule has 0 heterocycles. The summed E-state index contributed by atoms with van der Waals surface area (Å²) in [6.45, 7) is 1.57. The van der Waals surface area contributed by atoms with Gasteiger partial charge in [-0.25, -0.2) is 4.79 Å². The van der Waals surface area contributed by atoms with Gasteiger partial charge in [-0.15, -0.1) is 0 Å². The van der Waals surface area contributed by atoms with Gasteiger partial charge in [0, 0.05) is 5.56 Å². The molecule has 3 N–H and O–H groups in total. The lowest BCUT2D eigenvalue weighted by molar-refractivity contribution is -0.162. The summed E-state index contributed by atoms with van der Waals surface area (Å²) < 4.78 is 5.17. The molecule has 118 valence electrons. The van der Waals surface area contributed by atoms with Gasteiger partial charge in [-0.05, 0) is 30.5 Å². The third kappa shape index (κ3) is 4.43. The first-order chi connectivity index (χ1) is 11.0. The van der Waals surface area contributed by atoms with E-state index >= 15 is 0 Å². The van der Waals surface area contributed by atoms with Crippen LogP contribution >= 0.6 is 0 Å². The van der Waals surface area contributed by atoms with Crippen molar-refractivity contribution in [3.05, 3.63) is 71.8 Å². The number of hydrogen-bond donors (Lipinski definition) is 2. The van der Waals surface area contributed by atoms with Crippen LogP contribution in [0, 0.1) is 11.8 Å². The summed E-state index contributed by atoms with van der Waals surface area (Å²) in [7, 11) is 0. The summed E-state index contributed by atoms with van der Waals surface area (Å²) >= 11 is 0. The van der Waals surface area contributed by atoms with Crippen LogP contribution in [0.4, 0.5) is 0 Å². The highest BCUT2D eigenvalue weighted by Crippen LogP contribution is 2.13. The van der Waals surface area contributed by atoms with Crippen LogP contribution in [-0.4, -0.2) is 22.7 Å². The molecule has 2 rings (SSSR count). The number of nitrogens with two attached hydrogens (primary N) is 1. The largest absolute Gasteiger partial charge is 0.458 e. The Morgan fingerprint density at radius 3 is 2.30 bits per heavy atom. The van der Waals surface area contributed by atoms with Gasteiger partial charge in [0.1, 0.15) is 6.61 Å². The molecule has 2 atom stereocenters. The van der Waals surface area contributed by atoms with E-state index in [2.05, 4.69) is 11.8 Å². The molecule has 2 unspecified atom stereocenters. The molecule has 0 amide bonds. The van der Waals surface area contributed by atoms with Crippen molar-refractivity contribution in [2.45, 2.75) is 25.2 Å². The predicted octanol–water partition coefficient (Wildman–Crippen LogP) is 1.86. The highest BCUT2D eigenvalue weighted by molar-refractivity contribution is 5.84. The van der Waals surface area contributed by atoms with E-state index in [0.29, 0.717) is 5.56 Å². The van der Waals surface area contributed by atoms with Crippen molar-refractivity contribution >= 4 is 5.97 Å². The van der Waals surface area contributed by atoms with Crippen molar-refractivity contribution in [3.63, 3.8) is 0 Å². The Balaban J connectivity index is 2.13. The Bertz CT molecular complexity index is 702. The minimum absolute atomic E-state index is 0.0573. The van der Waals surface area contributed by atoms with Crippen molar-refractivity contribution in [1.82, 2.24) is 0 Å². The number of rotatable bonds is 4. The zero-order chi connectivity index (χ0) is 16.7. The van der Waals surface area contributed by atoms with Gasteiger partial charge in [0.15, 0.2) is 0 Å². The van der Waals surface area contributed by atoms with E-state index in [0.717, 1.165) is 5.56 Å². The third-order valence-electron chi connectivity index (χ3n) is 3.35. The first-order valence-corrected chi connectivity index (χ1v) is 7.29. The molecule has 0 aliphatic rings. The second kappa shape index (κ2) is 7.59. The number of carbonyl (C=O) groups is 1. The molecule has 2 aromatic rings. The van der Waals surface area contributed by atoms with E-state index in [4.69, 9.17) is 10.5 Å². The van der Waals surface area contributed by atoms with Crippen LogP contribution < -0.4 is 5.73 Å². The van der Waals surface area contributed by atoms with Crippen molar-refractivity contribution in [1.29, 1.82) is 0 Å². The standard InChI is InChI=1S/C19H19NO3/c1-15(20)19(22,13-12-16-8-4-2-5-9-16)18(21)23-14-17-10-6-3-7-11-17/h2-11,15,22H,14,20H2,1H3. The molecule has 0 bridgehead atoms. The topological polar surface area (TPSA) is 72.5 Å². The van der Waals surface area contributed by atoms with E-state index < -0.39 is 17.6 Å². The monoisotopic (exact) mass is 309 g/mol. The molecule has 0 aliphatic carbocycles. The summed E-state index contributed by atoms with van der Waals surface area (Å²) in [6, 6.07) is 17.4. The second-order valence-electron chi connectivity index (χ2n) is 5.23. The molecular formula is C19H19NO3. The molecule has 0 aliphatic heterocycles. The quantitative estimate of drug-likeness (QED) is 0.668. The van der Waals surface area contributed by atoms with Gasteiger partial charge < -0.3 is 15.6 Å². The number of aliphatic hydroxyl groups is 1. The molecule has 0 spiro atoms.